The molecule has 3 N–H and O–H groups in total. The summed E-state index contributed by atoms with van der Waals surface area (Å²) in [7, 11) is 1.61. The number of nitrogens with zero attached hydrogens (tertiary/aromatic N) is 3. The SMILES string of the molecule is Cc1ccc(CN(C)C(=O)c2nn(-c3ccc(F)cc3)c(CCC(O)CC(O)CC(=O)O)c2C(C)C)cc1F.[H-].[Na+]. The van der Waals surface area contributed by atoms with E-state index in [9.17, 15) is 28.6 Å². The second-order valence-corrected chi connectivity index (χ2v) is 10.2. The van der Waals surface area contributed by atoms with Crippen molar-refractivity contribution in [2.45, 2.75) is 71.1 Å². The van der Waals surface area contributed by atoms with Crippen LogP contribution in [-0.2, 0) is 17.8 Å². The molecule has 40 heavy (non-hydrogen) atoms. The number of rotatable bonds is 12. The summed E-state index contributed by atoms with van der Waals surface area (Å²) in [5, 5.41) is 33.9. The topological polar surface area (TPSA) is 116 Å². The number of aliphatic carboxylic acids is 1. The van der Waals surface area contributed by atoms with Gasteiger partial charge in [-0.1, -0.05) is 26.0 Å². The van der Waals surface area contributed by atoms with Crippen molar-refractivity contribution in [1.29, 1.82) is 0 Å². The number of halogens is 2. The monoisotopic (exact) mass is 567 g/mol. The Labute approximate surface area is 256 Å². The van der Waals surface area contributed by atoms with Gasteiger partial charge in [0.05, 0.1) is 24.3 Å². The molecule has 2 unspecified atom stereocenters. The third kappa shape index (κ3) is 8.68. The van der Waals surface area contributed by atoms with Gasteiger partial charge in [0.25, 0.3) is 5.91 Å². The second-order valence-electron chi connectivity index (χ2n) is 10.2. The largest absolute Gasteiger partial charge is 1.00 e. The van der Waals surface area contributed by atoms with Gasteiger partial charge >= 0.3 is 35.5 Å². The minimum atomic E-state index is -1.19. The van der Waals surface area contributed by atoms with Crippen LogP contribution in [0.2, 0.25) is 0 Å². The molecule has 212 valence electrons. The molecule has 0 saturated heterocycles. The normalized spacial score (nSPS) is 12.6. The van der Waals surface area contributed by atoms with Crippen molar-refractivity contribution < 1.29 is 64.7 Å². The Morgan fingerprint density at radius 1 is 1.07 bits per heavy atom. The summed E-state index contributed by atoms with van der Waals surface area (Å²) in [6.07, 6.45) is -2.34. The number of carboxylic acid groups (broad SMARTS) is 1. The minimum Gasteiger partial charge on any atom is -1.00 e. The molecule has 0 saturated carbocycles. The molecular formula is C29H36F2N3NaO5. The zero-order chi connectivity index (χ0) is 28.9. The zero-order valence-corrected chi connectivity index (χ0v) is 25.6. The van der Waals surface area contributed by atoms with Gasteiger partial charge in [0.15, 0.2) is 5.69 Å². The zero-order valence-electron chi connectivity index (χ0n) is 24.6. The number of hydrogen-bond donors (Lipinski definition) is 3. The summed E-state index contributed by atoms with van der Waals surface area (Å²) in [6, 6.07) is 10.5. The maximum absolute atomic E-state index is 14.1. The number of aromatic nitrogens is 2. The van der Waals surface area contributed by atoms with Crippen LogP contribution in [-0.4, -0.2) is 61.1 Å². The molecule has 1 amide bonds. The second kappa shape index (κ2) is 14.8. The molecule has 11 heteroatoms. The van der Waals surface area contributed by atoms with E-state index in [-0.39, 0.29) is 80.1 Å². The molecule has 1 heterocycles. The van der Waals surface area contributed by atoms with E-state index in [1.807, 2.05) is 13.8 Å². The number of carbonyl (C=O) groups excluding carboxylic acids is 1. The van der Waals surface area contributed by atoms with Crippen molar-refractivity contribution in [3.63, 3.8) is 0 Å². The first-order chi connectivity index (χ1) is 18.4. The maximum atomic E-state index is 14.1. The number of benzene rings is 2. The predicted octanol–water partition coefficient (Wildman–Crippen LogP) is 1.49. The Kier molecular flexibility index (Phi) is 12.5. The van der Waals surface area contributed by atoms with Crippen LogP contribution < -0.4 is 29.6 Å². The third-order valence-corrected chi connectivity index (χ3v) is 6.54. The number of aliphatic hydroxyl groups excluding tert-OH is 2. The molecule has 0 radical (unpaired) electrons. The van der Waals surface area contributed by atoms with Gasteiger partial charge in [0, 0.05) is 24.8 Å². The Morgan fingerprint density at radius 3 is 2.30 bits per heavy atom. The quantitative estimate of drug-likeness (QED) is 0.286. The first-order valence-corrected chi connectivity index (χ1v) is 12.8. The Balaban J connectivity index is 0.00000420. The summed E-state index contributed by atoms with van der Waals surface area (Å²) in [4.78, 5) is 25.9. The van der Waals surface area contributed by atoms with Gasteiger partial charge in [-0.15, -0.1) is 0 Å². The van der Waals surface area contributed by atoms with Crippen LogP contribution in [0.15, 0.2) is 42.5 Å². The number of amides is 1. The molecule has 3 rings (SSSR count). The number of hydrogen-bond acceptors (Lipinski definition) is 5. The molecule has 0 spiro atoms. The van der Waals surface area contributed by atoms with Crippen LogP contribution in [0.1, 0.15) is 73.3 Å². The molecule has 0 bridgehead atoms. The van der Waals surface area contributed by atoms with Crippen LogP contribution in [0.3, 0.4) is 0 Å². The molecular weight excluding hydrogens is 531 g/mol. The summed E-state index contributed by atoms with van der Waals surface area (Å²) >= 11 is 0. The van der Waals surface area contributed by atoms with E-state index in [1.165, 1.54) is 35.2 Å². The number of carboxylic acids is 1. The summed E-state index contributed by atoms with van der Waals surface area (Å²) in [5.74, 6) is -2.47. The van der Waals surface area contributed by atoms with E-state index < -0.39 is 30.4 Å². The van der Waals surface area contributed by atoms with Gasteiger partial charge in [-0.2, -0.15) is 5.10 Å². The van der Waals surface area contributed by atoms with Crippen molar-refractivity contribution in [3.8, 4) is 5.69 Å². The number of carbonyl (C=O) groups is 2. The Morgan fingerprint density at radius 2 is 1.73 bits per heavy atom. The van der Waals surface area contributed by atoms with Gasteiger partial charge in [-0.25, -0.2) is 13.5 Å². The first-order valence-electron chi connectivity index (χ1n) is 12.8. The molecule has 3 aromatic rings. The third-order valence-electron chi connectivity index (χ3n) is 6.54. The number of aryl methyl sites for hydroxylation is 1. The van der Waals surface area contributed by atoms with Crippen LogP contribution in [0.25, 0.3) is 5.69 Å². The molecule has 0 fully saturated rings. The van der Waals surface area contributed by atoms with Crippen LogP contribution in [0, 0.1) is 18.6 Å². The molecule has 0 aliphatic heterocycles. The van der Waals surface area contributed by atoms with Crippen molar-refractivity contribution >= 4 is 11.9 Å². The Bertz CT molecular complexity index is 1320. The van der Waals surface area contributed by atoms with Crippen LogP contribution in [0.4, 0.5) is 8.78 Å². The van der Waals surface area contributed by atoms with E-state index in [4.69, 9.17) is 5.11 Å². The minimum absolute atomic E-state index is 0. The van der Waals surface area contributed by atoms with Crippen molar-refractivity contribution in [3.05, 3.63) is 82.2 Å². The van der Waals surface area contributed by atoms with Gasteiger partial charge in [0.2, 0.25) is 0 Å². The summed E-state index contributed by atoms with van der Waals surface area (Å²) in [5.41, 5.74) is 3.15. The van der Waals surface area contributed by atoms with E-state index in [0.717, 1.165) is 0 Å². The smallest absolute Gasteiger partial charge is 1.00 e. The van der Waals surface area contributed by atoms with Gasteiger partial charge in [0.1, 0.15) is 11.6 Å². The van der Waals surface area contributed by atoms with Crippen molar-refractivity contribution in [1.82, 2.24) is 14.7 Å². The molecule has 1 aromatic heterocycles. The van der Waals surface area contributed by atoms with E-state index in [2.05, 4.69) is 5.10 Å². The molecule has 2 aromatic carbocycles. The van der Waals surface area contributed by atoms with E-state index >= 15 is 0 Å². The van der Waals surface area contributed by atoms with E-state index in [0.29, 0.717) is 28.1 Å². The van der Waals surface area contributed by atoms with Gasteiger partial charge in [-0.05, 0) is 73.6 Å². The molecule has 8 nitrogen and oxygen atoms in total. The average molecular weight is 568 g/mol. The summed E-state index contributed by atoms with van der Waals surface area (Å²) < 4.78 is 29.3. The summed E-state index contributed by atoms with van der Waals surface area (Å²) in [6.45, 7) is 5.65. The molecule has 0 aliphatic rings. The van der Waals surface area contributed by atoms with Crippen LogP contribution in [0.5, 0.6) is 0 Å². The van der Waals surface area contributed by atoms with Crippen molar-refractivity contribution in [2.24, 2.45) is 0 Å². The van der Waals surface area contributed by atoms with Crippen molar-refractivity contribution in [2.75, 3.05) is 7.05 Å². The molecule has 0 aliphatic carbocycles. The fraction of sp³-hybridized carbons (Fsp3) is 0.414. The van der Waals surface area contributed by atoms with E-state index in [1.54, 1.807) is 30.8 Å². The van der Waals surface area contributed by atoms with Gasteiger partial charge < -0.3 is 21.6 Å². The predicted molar refractivity (Wildman–Crippen MR) is 143 cm³/mol. The maximum Gasteiger partial charge on any atom is 1.00 e. The molecule has 2 atom stereocenters. The first kappa shape index (κ1) is 33.6. The fourth-order valence-electron chi connectivity index (χ4n) is 4.55. The fourth-order valence-corrected chi connectivity index (χ4v) is 4.55. The average Bonchev–Trinajstić information content (AvgIpc) is 3.24. The van der Waals surface area contributed by atoms with Crippen LogP contribution >= 0.6 is 0 Å². The Hall–Kier alpha value is -2.63. The number of aliphatic hydroxyl groups is 2. The standard InChI is InChI=1S/C29H35F2N3O5.Na.H/c1-17(2)27-25(12-11-22(35)14-23(36)15-26(37)38)34(21-9-7-20(30)8-10-21)32-28(27)29(39)33(4)16-19-6-5-18(3)24(31)13-19;;/h5-10,13,17,22-23,35-36H,11-12,14-16H2,1-4H3,(H,37,38);;/q;+1;-1. The van der Waals surface area contributed by atoms with Gasteiger partial charge in [-0.3, -0.25) is 9.59 Å².